The number of hydrogen-bond acceptors (Lipinski definition) is 0. The molecule has 1 unspecified atom stereocenters. The number of halogens is 2. The van der Waals surface area contributed by atoms with Gasteiger partial charge in [0.1, 0.15) is 0 Å². The summed E-state index contributed by atoms with van der Waals surface area (Å²) in [5.74, 6) is 0.556. The first-order chi connectivity index (χ1) is 6.59. The van der Waals surface area contributed by atoms with E-state index in [4.69, 9.17) is 0 Å². The van der Waals surface area contributed by atoms with Gasteiger partial charge in [-0.25, -0.2) is 23.3 Å². The number of allylic oxidation sites excluding steroid dienone is 8. The van der Waals surface area contributed by atoms with Gasteiger partial charge in [-0.1, -0.05) is 26.7 Å². The SMILES string of the molecule is CC1=C(C)C[C-]=C1.CC1=[C-]C(C)C=C1.Cl.Cl.[Zr+2]. The summed E-state index contributed by atoms with van der Waals surface area (Å²) >= 11 is 0. The summed E-state index contributed by atoms with van der Waals surface area (Å²) in [4.78, 5) is 0. The molecule has 2 rings (SSSR count). The van der Waals surface area contributed by atoms with Crippen molar-refractivity contribution in [3.63, 3.8) is 0 Å². The predicted octanol–water partition coefficient (Wildman–Crippen LogP) is 4.87. The zero-order chi connectivity index (χ0) is 10.6. The summed E-state index contributed by atoms with van der Waals surface area (Å²) in [7, 11) is 0. The summed E-state index contributed by atoms with van der Waals surface area (Å²) < 4.78 is 0. The summed E-state index contributed by atoms with van der Waals surface area (Å²) in [6, 6.07) is 0. The molecule has 0 bridgehead atoms. The molecule has 0 N–H and O–H groups in total. The van der Waals surface area contributed by atoms with Gasteiger partial charge in [-0.2, -0.15) is 11.6 Å². The number of hydrogen-bond donors (Lipinski definition) is 0. The second-order valence-corrected chi connectivity index (χ2v) is 3.96. The van der Waals surface area contributed by atoms with Gasteiger partial charge in [-0.15, -0.1) is 38.2 Å². The molecule has 94 valence electrons. The molecule has 3 heteroatoms. The van der Waals surface area contributed by atoms with Crippen molar-refractivity contribution in [1.82, 2.24) is 0 Å². The molecular weight excluding hydrogens is 330 g/mol. The van der Waals surface area contributed by atoms with E-state index in [2.05, 4.69) is 58.1 Å². The molecule has 0 amide bonds. The molecule has 0 saturated heterocycles. The third-order valence-corrected chi connectivity index (χ3v) is 2.45. The molecular formula is C14H20Cl2Zr. The van der Waals surface area contributed by atoms with Gasteiger partial charge in [0.15, 0.2) is 0 Å². The minimum atomic E-state index is 0. The monoisotopic (exact) mass is 348 g/mol. The van der Waals surface area contributed by atoms with Crippen LogP contribution in [-0.2, 0) is 26.2 Å². The van der Waals surface area contributed by atoms with E-state index in [1.807, 2.05) is 0 Å². The van der Waals surface area contributed by atoms with Crippen molar-refractivity contribution in [3.8, 4) is 0 Å². The van der Waals surface area contributed by atoms with Crippen LogP contribution >= 0.6 is 24.8 Å². The van der Waals surface area contributed by atoms with E-state index in [0.717, 1.165) is 6.42 Å². The molecule has 0 aliphatic heterocycles. The minimum absolute atomic E-state index is 0. The van der Waals surface area contributed by atoms with Crippen molar-refractivity contribution in [2.75, 3.05) is 0 Å². The first-order valence-corrected chi connectivity index (χ1v) is 5.11. The third-order valence-electron chi connectivity index (χ3n) is 2.45. The Kier molecular flexibility index (Phi) is 15.3. The van der Waals surface area contributed by atoms with Crippen molar-refractivity contribution in [2.24, 2.45) is 5.92 Å². The van der Waals surface area contributed by atoms with E-state index in [9.17, 15) is 0 Å². The predicted molar refractivity (Wildman–Crippen MR) is 76.0 cm³/mol. The smallest absolute Gasteiger partial charge is 0.272 e. The molecule has 2 aliphatic carbocycles. The molecule has 0 saturated carbocycles. The quantitative estimate of drug-likeness (QED) is 0.547. The van der Waals surface area contributed by atoms with Crippen LogP contribution in [0.3, 0.4) is 0 Å². The third kappa shape index (κ3) is 9.06. The molecule has 0 heterocycles. The molecule has 1 atom stereocenters. The average molecular weight is 350 g/mol. The van der Waals surface area contributed by atoms with Gasteiger partial charge in [0.05, 0.1) is 0 Å². The van der Waals surface area contributed by atoms with Crippen LogP contribution in [0.1, 0.15) is 34.1 Å². The molecule has 0 radical (unpaired) electrons. The Hall–Kier alpha value is 0.423. The zero-order valence-electron chi connectivity index (χ0n) is 10.8. The van der Waals surface area contributed by atoms with Crippen LogP contribution < -0.4 is 0 Å². The summed E-state index contributed by atoms with van der Waals surface area (Å²) in [5, 5.41) is 0. The Labute approximate surface area is 137 Å². The van der Waals surface area contributed by atoms with Crippen LogP contribution in [0.2, 0.25) is 0 Å². The van der Waals surface area contributed by atoms with Crippen molar-refractivity contribution < 1.29 is 26.2 Å². The van der Waals surface area contributed by atoms with Gasteiger partial charge in [-0.05, 0) is 0 Å². The van der Waals surface area contributed by atoms with Crippen LogP contribution in [-0.4, -0.2) is 0 Å². The van der Waals surface area contributed by atoms with Crippen molar-refractivity contribution in [1.29, 1.82) is 0 Å². The molecule has 0 fully saturated rings. The summed E-state index contributed by atoms with van der Waals surface area (Å²) in [5.41, 5.74) is 4.12. The Morgan fingerprint density at radius 2 is 1.76 bits per heavy atom. The van der Waals surface area contributed by atoms with Gasteiger partial charge < -0.3 is 0 Å². The van der Waals surface area contributed by atoms with E-state index in [1.54, 1.807) is 0 Å². The normalized spacial score (nSPS) is 19.5. The van der Waals surface area contributed by atoms with Crippen LogP contribution in [0.25, 0.3) is 0 Å². The maximum atomic E-state index is 3.22. The van der Waals surface area contributed by atoms with E-state index in [0.29, 0.717) is 5.92 Å². The van der Waals surface area contributed by atoms with E-state index in [-0.39, 0.29) is 51.0 Å². The van der Waals surface area contributed by atoms with Gasteiger partial charge >= 0.3 is 26.2 Å². The van der Waals surface area contributed by atoms with Crippen LogP contribution in [0.15, 0.2) is 34.9 Å². The minimum Gasteiger partial charge on any atom is -0.272 e. The van der Waals surface area contributed by atoms with Gasteiger partial charge in [0.25, 0.3) is 0 Å². The Morgan fingerprint density at radius 1 is 1.18 bits per heavy atom. The molecule has 0 nitrogen and oxygen atoms in total. The molecule has 2 aliphatic rings. The van der Waals surface area contributed by atoms with Gasteiger partial charge in [0, 0.05) is 0 Å². The fourth-order valence-corrected chi connectivity index (χ4v) is 1.36. The molecule has 0 aromatic carbocycles. The van der Waals surface area contributed by atoms with E-state index >= 15 is 0 Å². The van der Waals surface area contributed by atoms with Crippen molar-refractivity contribution in [3.05, 3.63) is 47.1 Å². The topological polar surface area (TPSA) is 0 Å². The Balaban J connectivity index is -0.000000196. The molecule has 0 aromatic heterocycles. The first kappa shape index (κ1) is 22.6. The van der Waals surface area contributed by atoms with E-state index in [1.165, 1.54) is 16.7 Å². The molecule has 17 heavy (non-hydrogen) atoms. The molecule has 0 aromatic rings. The standard InChI is InChI=1S/2C7H9.2ClH.Zr/c1-6-3-4-7(2)5-6;1-6-4-3-5-7(6)2;;;/h3-4,6H,1-2H3;4H,5H2,1-2H3;2*1H;/q2*-1;;;+2. The number of rotatable bonds is 0. The van der Waals surface area contributed by atoms with Crippen molar-refractivity contribution in [2.45, 2.75) is 34.1 Å². The Morgan fingerprint density at radius 3 is 1.88 bits per heavy atom. The zero-order valence-corrected chi connectivity index (χ0v) is 14.9. The second-order valence-electron chi connectivity index (χ2n) is 3.96. The fourth-order valence-electron chi connectivity index (χ4n) is 1.36. The second kappa shape index (κ2) is 11.5. The maximum Gasteiger partial charge on any atom is 2.00 e. The van der Waals surface area contributed by atoms with Gasteiger partial charge in [-0.3, -0.25) is 12.2 Å². The van der Waals surface area contributed by atoms with Crippen molar-refractivity contribution >= 4 is 24.8 Å². The largest absolute Gasteiger partial charge is 2.00 e. The fraction of sp³-hybridized carbons (Fsp3) is 0.429. The van der Waals surface area contributed by atoms with Crippen LogP contribution in [0.4, 0.5) is 0 Å². The maximum absolute atomic E-state index is 3.22. The van der Waals surface area contributed by atoms with Crippen LogP contribution in [0, 0.1) is 18.1 Å². The van der Waals surface area contributed by atoms with Gasteiger partial charge in [0.2, 0.25) is 0 Å². The first-order valence-electron chi connectivity index (χ1n) is 5.11. The summed E-state index contributed by atoms with van der Waals surface area (Å²) in [6.45, 7) is 8.47. The van der Waals surface area contributed by atoms with Crippen LogP contribution in [0.5, 0.6) is 0 Å². The summed E-state index contributed by atoms with van der Waals surface area (Å²) in [6.07, 6.45) is 13.7. The molecule has 0 spiro atoms. The average Bonchev–Trinajstić information content (AvgIpc) is 2.65. The van der Waals surface area contributed by atoms with E-state index < -0.39 is 0 Å². The Bertz CT molecular complexity index is 325.